The van der Waals surface area contributed by atoms with Gasteiger partial charge < -0.3 is 4.55 Å². The van der Waals surface area contributed by atoms with Gasteiger partial charge in [0, 0.05) is 0 Å². The van der Waals surface area contributed by atoms with Gasteiger partial charge in [0.2, 0.25) is 0 Å². The monoisotopic (exact) mass is 330 g/mol. The van der Waals surface area contributed by atoms with E-state index in [-0.39, 0.29) is 41.7 Å². The van der Waals surface area contributed by atoms with Crippen LogP contribution in [0.25, 0.3) is 0 Å². The van der Waals surface area contributed by atoms with Crippen molar-refractivity contribution in [1.82, 2.24) is 0 Å². The van der Waals surface area contributed by atoms with E-state index in [4.69, 9.17) is 0 Å². The van der Waals surface area contributed by atoms with E-state index < -0.39 is 44.9 Å². The maximum Gasteiger partial charge on any atom is 1.00 e. The van der Waals surface area contributed by atoms with Crippen LogP contribution in [0.3, 0.4) is 0 Å². The number of hydrogen-bond acceptors (Lipinski definition) is 3. The minimum atomic E-state index is -5.29. The van der Waals surface area contributed by atoms with E-state index in [1.54, 1.807) is 0 Å². The van der Waals surface area contributed by atoms with Gasteiger partial charge in [-0.1, -0.05) is 6.07 Å². The first-order valence-corrected chi connectivity index (χ1v) is 6.10. The molecule has 11 heteroatoms. The third kappa shape index (κ3) is 5.24. The molecule has 0 bridgehead atoms. The Kier molecular flexibility index (Phi) is 6.13. The summed E-state index contributed by atoms with van der Waals surface area (Å²) in [5, 5.41) is 0. The molecule has 0 aliphatic rings. The molecule has 3 nitrogen and oxygen atoms in total. The zero-order valence-electron chi connectivity index (χ0n) is 9.84. The minimum absolute atomic E-state index is 0. The van der Waals surface area contributed by atoms with Crippen LogP contribution in [0.1, 0.15) is 16.7 Å². The van der Waals surface area contributed by atoms with E-state index in [1.807, 2.05) is 0 Å². The Balaban J connectivity index is 0.00000361. The number of alkyl halides is 6. The molecule has 1 rings (SSSR count). The molecule has 0 fully saturated rings. The van der Waals surface area contributed by atoms with Crippen molar-refractivity contribution >= 4 is 10.1 Å². The molecule has 0 aliphatic carbocycles. The van der Waals surface area contributed by atoms with Crippen LogP contribution in [0.2, 0.25) is 0 Å². The van der Waals surface area contributed by atoms with Crippen molar-refractivity contribution in [2.24, 2.45) is 0 Å². The van der Waals surface area contributed by atoms with Crippen LogP contribution in [0.4, 0.5) is 26.3 Å². The fourth-order valence-corrected chi connectivity index (χ4v) is 2.11. The second-order valence-corrected chi connectivity index (χ2v) is 4.93. The van der Waals surface area contributed by atoms with Crippen LogP contribution in [0, 0.1) is 0 Å². The van der Waals surface area contributed by atoms with Crippen LogP contribution < -0.4 is 29.6 Å². The Morgan fingerprint density at radius 1 is 0.950 bits per heavy atom. The van der Waals surface area contributed by atoms with Crippen LogP contribution in [-0.2, 0) is 28.2 Å². The first kappa shape index (κ1) is 19.7. The fraction of sp³-hybridized carbons (Fsp3) is 0.333. The first-order chi connectivity index (χ1) is 8.32. The van der Waals surface area contributed by atoms with E-state index in [9.17, 15) is 39.3 Å². The minimum Gasteiger partial charge on any atom is -0.748 e. The van der Waals surface area contributed by atoms with Crippen molar-refractivity contribution < 1.29 is 68.9 Å². The molecule has 1 aromatic rings. The van der Waals surface area contributed by atoms with Crippen molar-refractivity contribution in [3.05, 3.63) is 34.9 Å². The Bertz CT molecular complexity index is 546. The van der Waals surface area contributed by atoms with Gasteiger partial charge in [0.25, 0.3) is 0 Å². The average Bonchev–Trinajstić information content (AvgIpc) is 2.11. The zero-order valence-corrected chi connectivity index (χ0v) is 12.7. The summed E-state index contributed by atoms with van der Waals surface area (Å²) in [4.78, 5) is 0. The molecule has 0 heterocycles. The summed E-state index contributed by atoms with van der Waals surface area (Å²) in [7, 11) is -5.29. The van der Waals surface area contributed by atoms with Gasteiger partial charge in [-0.2, -0.15) is 26.3 Å². The number of halogens is 6. The van der Waals surface area contributed by atoms with Crippen molar-refractivity contribution in [2.75, 3.05) is 0 Å². The molecule has 0 aliphatic heterocycles. The molecule has 0 N–H and O–H groups in total. The summed E-state index contributed by atoms with van der Waals surface area (Å²) in [6.45, 7) is 0. The standard InChI is InChI=1S/C9H6F6O3S.Na/c10-8(11,12)6-2-1-3-7(9(13,14)15)5(6)4-19(16,17)18;/h1-3H,4H2,(H,16,17,18);/q;+1/p-1. The smallest absolute Gasteiger partial charge is 0.748 e. The van der Waals surface area contributed by atoms with Crippen molar-refractivity contribution in [1.29, 1.82) is 0 Å². The predicted octanol–water partition coefficient (Wildman–Crippen LogP) is -0.227. The van der Waals surface area contributed by atoms with Gasteiger partial charge in [0.1, 0.15) is 0 Å². The molecule has 0 unspecified atom stereocenters. The van der Waals surface area contributed by atoms with Crippen molar-refractivity contribution in [2.45, 2.75) is 18.1 Å². The Morgan fingerprint density at radius 2 is 1.30 bits per heavy atom. The summed E-state index contributed by atoms with van der Waals surface area (Å²) in [6, 6.07) is 1.07. The first-order valence-electron chi connectivity index (χ1n) is 4.52. The van der Waals surface area contributed by atoms with Gasteiger partial charge >= 0.3 is 41.9 Å². The van der Waals surface area contributed by atoms with Crippen LogP contribution >= 0.6 is 0 Å². The zero-order chi connectivity index (χ0) is 15.1. The van der Waals surface area contributed by atoms with E-state index >= 15 is 0 Å². The molecule has 1 aromatic carbocycles. The quantitative estimate of drug-likeness (QED) is 0.428. The third-order valence-electron chi connectivity index (χ3n) is 2.11. The van der Waals surface area contributed by atoms with E-state index in [1.165, 1.54) is 0 Å². The van der Waals surface area contributed by atoms with Crippen molar-refractivity contribution in [3.8, 4) is 0 Å². The molecular formula is C9H5F6NaO3S. The summed E-state index contributed by atoms with van der Waals surface area (Å²) in [6.07, 6.45) is -10.4. The van der Waals surface area contributed by atoms with E-state index in [0.717, 1.165) is 0 Å². The summed E-state index contributed by atoms with van der Waals surface area (Å²) in [5.74, 6) is -1.88. The molecule has 108 valence electrons. The molecule has 0 atom stereocenters. The number of benzene rings is 1. The summed E-state index contributed by atoms with van der Waals surface area (Å²) < 4.78 is 107. The third-order valence-corrected chi connectivity index (χ3v) is 2.75. The molecule has 0 saturated carbocycles. The molecule has 0 spiro atoms. The Labute approximate surface area is 132 Å². The molecule has 0 saturated heterocycles. The maximum atomic E-state index is 12.5. The predicted molar refractivity (Wildman–Crippen MR) is 49.8 cm³/mol. The van der Waals surface area contributed by atoms with E-state index in [2.05, 4.69) is 0 Å². The molecule has 20 heavy (non-hydrogen) atoms. The molecule has 0 aromatic heterocycles. The largest absolute Gasteiger partial charge is 1.00 e. The maximum absolute atomic E-state index is 12.5. The van der Waals surface area contributed by atoms with Gasteiger partial charge in [0.15, 0.2) is 0 Å². The molecular weight excluding hydrogens is 325 g/mol. The topological polar surface area (TPSA) is 57.2 Å². The van der Waals surface area contributed by atoms with Gasteiger partial charge in [0.05, 0.1) is 27.0 Å². The van der Waals surface area contributed by atoms with Gasteiger partial charge in [-0.25, -0.2) is 8.42 Å². The summed E-state index contributed by atoms with van der Waals surface area (Å²) >= 11 is 0. The second kappa shape index (κ2) is 6.22. The SMILES string of the molecule is O=S(=O)([O-])Cc1c(C(F)(F)F)cccc1C(F)(F)F.[Na+]. The van der Waals surface area contributed by atoms with Crippen LogP contribution in [-0.4, -0.2) is 13.0 Å². The van der Waals surface area contributed by atoms with Crippen LogP contribution in [0.5, 0.6) is 0 Å². The molecule has 0 amide bonds. The summed E-state index contributed by atoms with van der Waals surface area (Å²) in [5.41, 5.74) is -5.17. The van der Waals surface area contributed by atoms with Gasteiger partial charge in [-0.05, 0) is 17.7 Å². The van der Waals surface area contributed by atoms with Crippen molar-refractivity contribution in [3.63, 3.8) is 0 Å². The second-order valence-electron chi connectivity index (χ2n) is 3.53. The van der Waals surface area contributed by atoms with E-state index in [0.29, 0.717) is 6.07 Å². The number of hydrogen-bond donors (Lipinski definition) is 0. The normalized spacial score (nSPS) is 12.9. The Morgan fingerprint density at radius 3 is 1.55 bits per heavy atom. The van der Waals surface area contributed by atoms with Gasteiger partial charge in [-0.3, -0.25) is 0 Å². The molecule has 0 radical (unpaired) electrons. The van der Waals surface area contributed by atoms with Crippen LogP contribution in [0.15, 0.2) is 18.2 Å². The Hall–Kier alpha value is -0.290. The fourth-order valence-electron chi connectivity index (χ4n) is 1.45. The van der Waals surface area contributed by atoms with Gasteiger partial charge in [-0.15, -0.1) is 0 Å². The number of rotatable bonds is 2. The average molecular weight is 330 g/mol.